The second-order valence-electron chi connectivity index (χ2n) is 7.37. The fraction of sp³-hybridized carbons (Fsp3) is 0.250. The van der Waals surface area contributed by atoms with Crippen molar-refractivity contribution in [3.05, 3.63) is 72.5 Å². The molecule has 0 radical (unpaired) electrons. The van der Waals surface area contributed by atoms with Crippen molar-refractivity contribution in [3.8, 4) is 17.1 Å². The number of aromatic nitrogens is 2. The van der Waals surface area contributed by atoms with Gasteiger partial charge in [0.25, 0.3) is 5.92 Å². The summed E-state index contributed by atoms with van der Waals surface area (Å²) in [7, 11) is 0. The van der Waals surface area contributed by atoms with Crippen LogP contribution in [0.1, 0.15) is 32.3 Å². The molecule has 0 saturated carbocycles. The van der Waals surface area contributed by atoms with Crippen molar-refractivity contribution >= 4 is 16.7 Å². The quantitative estimate of drug-likeness (QED) is 0.332. The zero-order chi connectivity index (χ0) is 21.7. The van der Waals surface area contributed by atoms with Crippen LogP contribution in [-0.2, 0) is 6.42 Å². The first-order chi connectivity index (χ1) is 14.2. The minimum absolute atomic E-state index is 0.156. The normalized spacial score (nSPS) is 12.7. The summed E-state index contributed by atoms with van der Waals surface area (Å²) >= 11 is 0. The van der Waals surface area contributed by atoms with Crippen LogP contribution in [0.15, 0.2) is 71.9 Å². The molecule has 0 aliphatic carbocycles. The molecule has 0 bridgehead atoms. The first kappa shape index (κ1) is 21.4. The summed E-state index contributed by atoms with van der Waals surface area (Å²) in [4.78, 5) is 11.6. The van der Waals surface area contributed by atoms with Gasteiger partial charge < -0.3 is 10.1 Å². The van der Waals surface area contributed by atoms with Gasteiger partial charge in [0.2, 0.25) is 0 Å². The molecule has 0 amide bonds. The highest BCUT2D eigenvalue weighted by atomic mass is 19.3. The van der Waals surface area contributed by atoms with Crippen LogP contribution < -0.4 is 0 Å². The van der Waals surface area contributed by atoms with Crippen LogP contribution in [0.4, 0.5) is 8.78 Å². The molecule has 0 spiro atoms. The summed E-state index contributed by atoms with van der Waals surface area (Å²) in [6.07, 6.45) is 5.22. The van der Waals surface area contributed by atoms with Gasteiger partial charge >= 0.3 is 0 Å². The van der Waals surface area contributed by atoms with E-state index in [1.165, 1.54) is 6.08 Å². The lowest BCUT2D eigenvalue weighted by Gasteiger charge is -2.10. The third-order valence-electron chi connectivity index (χ3n) is 4.58. The van der Waals surface area contributed by atoms with Crippen LogP contribution in [0.25, 0.3) is 22.4 Å². The Labute approximate surface area is 174 Å². The van der Waals surface area contributed by atoms with Gasteiger partial charge in [0.1, 0.15) is 17.3 Å². The molecule has 1 aromatic heterocycles. The molecule has 0 aliphatic heterocycles. The van der Waals surface area contributed by atoms with Gasteiger partial charge in [-0.15, -0.1) is 0 Å². The number of allylic oxidation sites excluding steroid dienone is 3. The molecule has 0 saturated heterocycles. The number of rotatable bonds is 8. The lowest BCUT2D eigenvalue weighted by atomic mass is 10.0. The molecular weight excluding hydrogens is 384 g/mol. The van der Waals surface area contributed by atoms with Crippen molar-refractivity contribution in [1.29, 1.82) is 0 Å². The number of imidazole rings is 1. The summed E-state index contributed by atoms with van der Waals surface area (Å²) in [6, 6.07) is 13.1. The summed E-state index contributed by atoms with van der Waals surface area (Å²) in [6.45, 7) is 5.98. The summed E-state index contributed by atoms with van der Waals surface area (Å²) in [5.74, 6) is -2.24. The number of aromatic amines is 1. The molecule has 1 heterocycles. The molecule has 6 heteroatoms. The standard InChI is InChI=1S/C24H25F2N3O/c1-16(2)27-22(24(3,25)26)12-6-4-5-9-17-13-14-21(30)18(15-17)23-28-19-10-7-8-11-20(19)29-23/h6-8,10-15,30H,1,4-5,9H2,2-3H3,(H,28,29)/b12-6-,27-22?. The Kier molecular flexibility index (Phi) is 6.45. The Morgan fingerprint density at radius 2 is 2.03 bits per heavy atom. The SMILES string of the molecule is C=C(C)N=C(/C=C\CCCc1ccc(O)c(-c2nc3ccccc3[nH]2)c1)C(C)(F)F. The fourth-order valence-electron chi connectivity index (χ4n) is 3.12. The van der Waals surface area contributed by atoms with Crippen LogP contribution >= 0.6 is 0 Å². The predicted octanol–water partition coefficient (Wildman–Crippen LogP) is 6.44. The van der Waals surface area contributed by atoms with Gasteiger partial charge in [-0.05, 0) is 62.1 Å². The molecule has 3 aromatic rings. The van der Waals surface area contributed by atoms with Crippen molar-refractivity contribution in [2.45, 2.75) is 39.0 Å². The number of phenolic OH excluding ortho intramolecular Hbond substituents is 1. The Hall–Kier alpha value is -3.28. The van der Waals surface area contributed by atoms with Gasteiger partial charge in [0.15, 0.2) is 0 Å². The van der Waals surface area contributed by atoms with E-state index in [1.54, 1.807) is 19.1 Å². The third kappa shape index (κ3) is 5.41. The lowest BCUT2D eigenvalue weighted by Crippen LogP contribution is -2.22. The number of unbranched alkanes of at least 4 members (excludes halogenated alkanes) is 1. The van der Waals surface area contributed by atoms with Crippen LogP contribution in [0, 0.1) is 0 Å². The van der Waals surface area contributed by atoms with E-state index in [4.69, 9.17) is 0 Å². The Morgan fingerprint density at radius 1 is 1.27 bits per heavy atom. The maximum atomic E-state index is 13.6. The first-order valence-corrected chi connectivity index (χ1v) is 9.80. The van der Waals surface area contributed by atoms with E-state index in [0.717, 1.165) is 36.4 Å². The van der Waals surface area contributed by atoms with Gasteiger partial charge in [-0.1, -0.05) is 30.9 Å². The number of H-pyrrole nitrogens is 1. The van der Waals surface area contributed by atoms with Crippen molar-refractivity contribution in [2.75, 3.05) is 0 Å². The number of nitrogens with zero attached hydrogens (tertiary/aromatic N) is 2. The van der Waals surface area contributed by atoms with E-state index < -0.39 is 5.92 Å². The monoisotopic (exact) mass is 409 g/mol. The topological polar surface area (TPSA) is 61.3 Å². The molecule has 0 unspecified atom stereocenters. The minimum atomic E-state index is -3.01. The predicted molar refractivity (Wildman–Crippen MR) is 118 cm³/mol. The second-order valence-corrected chi connectivity index (χ2v) is 7.37. The molecule has 3 rings (SSSR count). The molecule has 30 heavy (non-hydrogen) atoms. The number of hydrogen-bond acceptors (Lipinski definition) is 3. The molecule has 156 valence electrons. The average Bonchev–Trinajstić information content (AvgIpc) is 3.11. The highest BCUT2D eigenvalue weighted by molar-refractivity contribution is 6.00. The summed E-state index contributed by atoms with van der Waals surface area (Å²) in [5.41, 5.74) is 3.48. The number of nitrogens with one attached hydrogen (secondary N) is 1. The molecule has 0 atom stereocenters. The minimum Gasteiger partial charge on any atom is -0.507 e. The zero-order valence-corrected chi connectivity index (χ0v) is 17.1. The maximum absolute atomic E-state index is 13.6. The molecule has 4 nitrogen and oxygen atoms in total. The Balaban J connectivity index is 1.67. The van der Waals surface area contributed by atoms with Crippen LogP contribution in [-0.4, -0.2) is 26.7 Å². The zero-order valence-electron chi connectivity index (χ0n) is 17.1. The molecule has 2 aromatic carbocycles. The van der Waals surface area contributed by atoms with E-state index in [9.17, 15) is 13.9 Å². The first-order valence-electron chi connectivity index (χ1n) is 9.80. The number of fused-ring (bicyclic) bond motifs is 1. The second kappa shape index (κ2) is 9.03. The fourth-order valence-corrected chi connectivity index (χ4v) is 3.12. The molecule has 0 fully saturated rings. The number of halogens is 2. The number of para-hydroxylation sites is 2. The van der Waals surface area contributed by atoms with E-state index in [1.807, 2.05) is 36.4 Å². The van der Waals surface area contributed by atoms with Crippen molar-refractivity contribution in [2.24, 2.45) is 4.99 Å². The number of alkyl halides is 2. The highest BCUT2D eigenvalue weighted by Gasteiger charge is 2.27. The Morgan fingerprint density at radius 3 is 2.73 bits per heavy atom. The number of phenols is 1. The number of aromatic hydroxyl groups is 1. The summed E-state index contributed by atoms with van der Waals surface area (Å²) in [5, 5.41) is 10.3. The van der Waals surface area contributed by atoms with Gasteiger partial charge in [0, 0.05) is 12.6 Å². The van der Waals surface area contributed by atoms with Gasteiger partial charge in [-0.3, -0.25) is 4.99 Å². The van der Waals surface area contributed by atoms with Gasteiger partial charge in [-0.2, -0.15) is 8.78 Å². The largest absolute Gasteiger partial charge is 0.507 e. The third-order valence-corrected chi connectivity index (χ3v) is 4.58. The number of aliphatic imine (C=N–C) groups is 1. The summed E-state index contributed by atoms with van der Waals surface area (Å²) < 4.78 is 27.2. The van der Waals surface area contributed by atoms with Crippen LogP contribution in [0.5, 0.6) is 5.75 Å². The maximum Gasteiger partial charge on any atom is 0.286 e. The van der Waals surface area contributed by atoms with E-state index in [0.29, 0.717) is 23.5 Å². The molecular formula is C24H25F2N3O. The highest BCUT2D eigenvalue weighted by Crippen LogP contribution is 2.30. The average molecular weight is 409 g/mol. The van der Waals surface area contributed by atoms with Crippen LogP contribution in [0.3, 0.4) is 0 Å². The van der Waals surface area contributed by atoms with Gasteiger partial charge in [0.05, 0.1) is 16.6 Å². The molecule has 0 aliphatic rings. The number of hydrogen-bond donors (Lipinski definition) is 2. The van der Waals surface area contributed by atoms with E-state index in [2.05, 4.69) is 21.5 Å². The molecule has 2 N–H and O–H groups in total. The van der Waals surface area contributed by atoms with Crippen molar-refractivity contribution in [3.63, 3.8) is 0 Å². The van der Waals surface area contributed by atoms with Crippen molar-refractivity contribution < 1.29 is 13.9 Å². The number of aryl methyl sites for hydroxylation is 1. The van der Waals surface area contributed by atoms with Gasteiger partial charge in [-0.25, -0.2) is 4.98 Å². The van der Waals surface area contributed by atoms with Crippen molar-refractivity contribution in [1.82, 2.24) is 9.97 Å². The lowest BCUT2D eigenvalue weighted by molar-refractivity contribution is 0.102. The Bertz CT molecular complexity index is 1070. The van der Waals surface area contributed by atoms with E-state index in [-0.39, 0.29) is 11.5 Å². The van der Waals surface area contributed by atoms with E-state index >= 15 is 0 Å². The smallest absolute Gasteiger partial charge is 0.286 e. The van der Waals surface area contributed by atoms with Crippen LogP contribution in [0.2, 0.25) is 0 Å². The number of benzene rings is 2.